The van der Waals surface area contributed by atoms with E-state index in [0.29, 0.717) is 24.3 Å². The lowest BCUT2D eigenvalue weighted by atomic mass is 10.2. The summed E-state index contributed by atoms with van der Waals surface area (Å²) >= 11 is 3.36. The molecule has 0 radical (unpaired) electrons. The Bertz CT molecular complexity index is 714. The first-order chi connectivity index (χ1) is 11.0. The van der Waals surface area contributed by atoms with E-state index in [2.05, 4.69) is 26.2 Å². The van der Waals surface area contributed by atoms with Crippen LogP contribution in [0, 0.1) is 0 Å². The van der Waals surface area contributed by atoms with Gasteiger partial charge in [0.25, 0.3) is 11.8 Å². The highest BCUT2D eigenvalue weighted by molar-refractivity contribution is 9.10. The molecule has 23 heavy (non-hydrogen) atoms. The number of anilines is 1. The molecule has 2 rings (SSSR count). The zero-order valence-electron chi connectivity index (χ0n) is 13.0. The number of rotatable bonds is 5. The Hall–Kier alpha value is -2.21. The van der Waals surface area contributed by atoms with Gasteiger partial charge in [0.15, 0.2) is 0 Å². The van der Waals surface area contributed by atoms with E-state index in [9.17, 15) is 9.59 Å². The second-order valence-corrected chi connectivity index (χ2v) is 5.79. The fraction of sp³-hybridized carbons (Fsp3) is 0.235. The summed E-state index contributed by atoms with van der Waals surface area (Å²) in [6.07, 6.45) is 1.48. The Morgan fingerprint density at radius 2 is 1.91 bits per heavy atom. The predicted octanol–water partition coefficient (Wildman–Crippen LogP) is 3.58. The molecule has 0 aliphatic heterocycles. The minimum atomic E-state index is -0.279. The van der Waals surface area contributed by atoms with E-state index < -0.39 is 0 Å². The van der Waals surface area contributed by atoms with Crippen LogP contribution >= 0.6 is 15.9 Å². The summed E-state index contributed by atoms with van der Waals surface area (Å²) < 4.78 is 0.877. The molecule has 2 aromatic rings. The van der Waals surface area contributed by atoms with Crippen molar-refractivity contribution in [1.29, 1.82) is 0 Å². The first-order valence-electron chi connectivity index (χ1n) is 7.37. The average Bonchev–Trinajstić information content (AvgIpc) is 2.56. The van der Waals surface area contributed by atoms with Crippen LogP contribution in [0.4, 0.5) is 5.69 Å². The topological polar surface area (TPSA) is 62.3 Å². The molecule has 0 saturated carbocycles. The van der Waals surface area contributed by atoms with Crippen molar-refractivity contribution in [2.24, 2.45) is 0 Å². The summed E-state index contributed by atoms with van der Waals surface area (Å²) in [5, 5.41) is 2.80. The average molecular weight is 376 g/mol. The van der Waals surface area contributed by atoms with Crippen LogP contribution in [0.1, 0.15) is 34.7 Å². The van der Waals surface area contributed by atoms with Crippen LogP contribution in [-0.2, 0) is 0 Å². The lowest BCUT2D eigenvalue weighted by molar-refractivity contribution is 0.0767. The zero-order chi connectivity index (χ0) is 16.8. The Morgan fingerprint density at radius 1 is 1.17 bits per heavy atom. The normalized spacial score (nSPS) is 10.2. The molecule has 0 atom stereocenters. The van der Waals surface area contributed by atoms with Crippen LogP contribution in [0.15, 0.2) is 47.1 Å². The van der Waals surface area contributed by atoms with Gasteiger partial charge in [-0.15, -0.1) is 0 Å². The van der Waals surface area contributed by atoms with Crippen molar-refractivity contribution < 1.29 is 9.59 Å². The van der Waals surface area contributed by atoms with Crippen molar-refractivity contribution in [2.45, 2.75) is 13.8 Å². The molecule has 1 heterocycles. The number of benzene rings is 1. The number of carbonyl (C=O) groups excluding carboxylic acids is 2. The van der Waals surface area contributed by atoms with Crippen LogP contribution in [0.2, 0.25) is 0 Å². The number of hydrogen-bond acceptors (Lipinski definition) is 3. The second-order valence-electron chi connectivity index (χ2n) is 4.87. The minimum absolute atomic E-state index is 0.174. The molecule has 0 fully saturated rings. The molecular formula is C17H18BrN3O2. The summed E-state index contributed by atoms with van der Waals surface area (Å²) in [7, 11) is 0. The van der Waals surface area contributed by atoms with E-state index in [1.165, 1.54) is 12.3 Å². The van der Waals surface area contributed by atoms with Crippen LogP contribution in [-0.4, -0.2) is 34.8 Å². The standard InChI is InChI=1S/C17H18BrN3O2/c1-3-21(4-2)17(23)15-10-12(8-9-19-15)16(22)20-14-7-5-6-13(18)11-14/h5-11H,3-4H2,1-2H3,(H,20,22). The number of amides is 2. The fourth-order valence-electron chi connectivity index (χ4n) is 2.13. The number of carbonyl (C=O) groups is 2. The quantitative estimate of drug-likeness (QED) is 0.868. The molecule has 0 aliphatic carbocycles. The Morgan fingerprint density at radius 3 is 2.57 bits per heavy atom. The highest BCUT2D eigenvalue weighted by Gasteiger charge is 2.16. The van der Waals surface area contributed by atoms with Crippen LogP contribution < -0.4 is 5.32 Å². The van der Waals surface area contributed by atoms with Gasteiger partial charge in [0, 0.05) is 35.0 Å². The molecule has 0 aliphatic rings. The van der Waals surface area contributed by atoms with Crippen molar-refractivity contribution in [3.05, 3.63) is 58.3 Å². The maximum Gasteiger partial charge on any atom is 0.272 e. The van der Waals surface area contributed by atoms with E-state index >= 15 is 0 Å². The third kappa shape index (κ3) is 4.39. The summed E-state index contributed by atoms with van der Waals surface area (Å²) in [6, 6.07) is 10.4. The molecule has 1 aromatic carbocycles. The lowest BCUT2D eigenvalue weighted by Crippen LogP contribution is -2.31. The van der Waals surface area contributed by atoms with E-state index in [1.54, 1.807) is 23.1 Å². The Kier molecular flexibility index (Phi) is 5.87. The van der Waals surface area contributed by atoms with E-state index in [0.717, 1.165) is 4.47 Å². The SMILES string of the molecule is CCN(CC)C(=O)c1cc(C(=O)Nc2cccc(Br)c2)ccn1. The van der Waals surface area contributed by atoms with Gasteiger partial charge in [-0.2, -0.15) is 0 Å². The highest BCUT2D eigenvalue weighted by Crippen LogP contribution is 2.16. The number of halogens is 1. The monoisotopic (exact) mass is 375 g/mol. The van der Waals surface area contributed by atoms with Crippen molar-refractivity contribution in [3.63, 3.8) is 0 Å². The largest absolute Gasteiger partial charge is 0.338 e. The first-order valence-corrected chi connectivity index (χ1v) is 8.16. The number of nitrogens with zero attached hydrogens (tertiary/aromatic N) is 2. The van der Waals surface area contributed by atoms with E-state index in [-0.39, 0.29) is 17.5 Å². The Labute approximate surface area is 143 Å². The predicted molar refractivity (Wildman–Crippen MR) is 93.6 cm³/mol. The third-order valence-corrected chi connectivity index (χ3v) is 3.87. The third-order valence-electron chi connectivity index (χ3n) is 3.37. The van der Waals surface area contributed by atoms with Crippen molar-refractivity contribution in [1.82, 2.24) is 9.88 Å². The molecular weight excluding hydrogens is 358 g/mol. The number of aromatic nitrogens is 1. The Balaban J connectivity index is 2.19. The van der Waals surface area contributed by atoms with Gasteiger partial charge in [-0.25, -0.2) is 0 Å². The summed E-state index contributed by atoms with van der Waals surface area (Å²) in [5.74, 6) is -0.453. The minimum Gasteiger partial charge on any atom is -0.338 e. The van der Waals surface area contributed by atoms with Crippen LogP contribution in [0.3, 0.4) is 0 Å². The van der Waals surface area contributed by atoms with Gasteiger partial charge in [0.1, 0.15) is 5.69 Å². The maximum absolute atomic E-state index is 12.3. The molecule has 6 heteroatoms. The molecule has 1 aromatic heterocycles. The fourth-order valence-corrected chi connectivity index (χ4v) is 2.53. The second kappa shape index (κ2) is 7.87. The molecule has 2 amide bonds. The van der Waals surface area contributed by atoms with Gasteiger partial charge in [-0.05, 0) is 44.2 Å². The highest BCUT2D eigenvalue weighted by atomic mass is 79.9. The van der Waals surface area contributed by atoms with Gasteiger partial charge in [0.2, 0.25) is 0 Å². The number of nitrogens with one attached hydrogen (secondary N) is 1. The summed E-state index contributed by atoms with van der Waals surface area (Å²) in [4.78, 5) is 30.4. The van der Waals surface area contributed by atoms with E-state index in [1.807, 2.05) is 26.0 Å². The lowest BCUT2D eigenvalue weighted by Gasteiger charge is -2.18. The molecule has 0 unspecified atom stereocenters. The van der Waals surface area contributed by atoms with Crippen LogP contribution in [0.5, 0.6) is 0 Å². The molecule has 0 bridgehead atoms. The van der Waals surface area contributed by atoms with Gasteiger partial charge in [0.05, 0.1) is 0 Å². The van der Waals surface area contributed by atoms with Crippen molar-refractivity contribution in [3.8, 4) is 0 Å². The van der Waals surface area contributed by atoms with Gasteiger partial charge in [-0.1, -0.05) is 22.0 Å². The molecule has 1 N–H and O–H groups in total. The first kappa shape index (κ1) is 17.1. The van der Waals surface area contributed by atoms with Gasteiger partial charge >= 0.3 is 0 Å². The molecule has 120 valence electrons. The van der Waals surface area contributed by atoms with Crippen molar-refractivity contribution >= 4 is 33.4 Å². The number of hydrogen-bond donors (Lipinski definition) is 1. The number of pyridine rings is 1. The smallest absolute Gasteiger partial charge is 0.272 e. The van der Waals surface area contributed by atoms with Gasteiger partial charge in [-0.3, -0.25) is 14.6 Å². The van der Waals surface area contributed by atoms with Crippen molar-refractivity contribution in [2.75, 3.05) is 18.4 Å². The van der Waals surface area contributed by atoms with E-state index in [4.69, 9.17) is 0 Å². The van der Waals surface area contributed by atoms with Crippen LogP contribution in [0.25, 0.3) is 0 Å². The molecule has 5 nitrogen and oxygen atoms in total. The molecule has 0 saturated heterocycles. The zero-order valence-corrected chi connectivity index (χ0v) is 14.6. The summed E-state index contributed by atoms with van der Waals surface area (Å²) in [5.41, 5.74) is 1.35. The molecule has 0 spiro atoms. The van der Waals surface area contributed by atoms with Gasteiger partial charge < -0.3 is 10.2 Å². The summed E-state index contributed by atoms with van der Waals surface area (Å²) in [6.45, 7) is 5.02. The maximum atomic E-state index is 12.3.